The molecule has 1 aromatic heterocycles. The minimum absolute atomic E-state index is 0.668. The van der Waals surface area contributed by atoms with Gasteiger partial charge in [0.05, 0.1) is 7.11 Å². The summed E-state index contributed by atoms with van der Waals surface area (Å²) in [4.78, 5) is 7.90. The zero-order chi connectivity index (χ0) is 15.4. The largest absolute Gasteiger partial charge is 0.496 e. The number of anilines is 1. The van der Waals surface area contributed by atoms with Gasteiger partial charge in [0.15, 0.2) is 5.13 Å². The van der Waals surface area contributed by atoms with Gasteiger partial charge >= 0.3 is 0 Å². The van der Waals surface area contributed by atoms with Gasteiger partial charge in [0.25, 0.3) is 0 Å². The lowest BCUT2D eigenvalue weighted by atomic mass is 9.90. The predicted octanol–water partition coefficient (Wildman–Crippen LogP) is 3.19. The molecule has 2 aromatic rings. The van der Waals surface area contributed by atoms with Crippen LogP contribution in [-0.2, 0) is 13.0 Å². The molecule has 0 radical (unpaired) electrons. The quantitative estimate of drug-likeness (QED) is 0.920. The van der Waals surface area contributed by atoms with E-state index in [0.717, 1.165) is 37.7 Å². The van der Waals surface area contributed by atoms with Gasteiger partial charge in [0, 0.05) is 17.6 Å². The van der Waals surface area contributed by atoms with Crippen LogP contribution in [0.2, 0.25) is 0 Å². The summed E-state index contributed by atoms with van der Waals surface area (Å²) in [5, 5.41) is 0.668. The Morgan fingerprint density at radius 2 is 2.09 bits per heavy atom. The molecule has 1 aliphatic rings. The highest BCUT2D eigenvalue weighted by molar-refractivity contribution is 7.15. The van der Waals surface area contributed by atoms with Crippen molar-refractivity contribution in [3.8, 4) is 5.75 Å². The standard InChI is InChI=1S/C17H23N3OS/c1-21-16-5-3-2-4-14(16)10-13-6-8-20(9-7-13)12-15-11-19-17(18)22-15/h2-5,11,13H,6-10,12H2,1H3,(H2,18,19). The summed E-state index contributed by atoms with van der Waals surface area (Å²) in [7, 11) is 1.75. The zero-order valence-corrected chi connectivity index (χ0v) is 13.8. The first kappa shape index (κ1) is 15.3. The lowest BCUT2D eigenvalue weighted by Gasteiger charge is -2.31. The maximum absolute atomic E-state index is 5.70. The summed E-state index contributed by atoms with van der Waals surface area (Å²) in [5.74, 6) is 1.77. The number of hydrogen-bond donors (Lipinski definition) is 1. The molecular formula is C17H23N3OS. The fourth-order valence-electron chi connectivity index (χ4n) is 3.15. The molecule has 4 nitrogen and oxygen atoms in total. The van der Waals surface area contributed by atoms with Crippen LogP contribution in [-0.4, -0.2) is 30.1 Å². The molecule has 118 valence electrons. The molecular weight excluding hydrogens is 294 g/mol. The first-order valence-electron chi connectivity index (χ1n) is 7.79. The molecule has 0 amide bonds. The summed E-state index contributed by atoms with van der Waals surface area (Å²) in [6, 6.07) is 8.37. The van der Waals surface area contributed by atoms with Crippen LogP contribution in [0.4, 0.5) is 5.13 Å². The Bertz CT molecular complexity index is 605. The van der Waals surface area contributed by atoms with E-state index in [1.807, 2.05) is 12.3 Å². The monoisotopic (exact) mass is 317 g/mol. The summed E-state index contributed by atoms with van der Waals surface area (Å²) in [6.45, 7) is 3.28. The van der Waals surface area contributed by atoms with Crippen molar-refractivity contribution in [2.24, 2.45) is 5.92 Å². The Kier molecular flexibility index (Phi) is 4.95. The van der Waals surface area contributed by atoms with E-state index in [0.29, 0.717) is 5.13 Å². The zero-order valence-electron chi connectivity index (χ0n) is 13.0. The Hall–Kier alpha value is -1.59. The van der Waals surface area contributed by atoms with Gasteiger partial charge in [-0.15, -0.1) is 11.3 Å². The molecule has 0 unspecified atom stereocenters. The molecule has 1 fully saturated rings. The second-order valence-corrected chi connectivity index (χ2v) is 7.05. The van der Waals surface area contributed by atoms with Gasteiger partial charge in [0.2, 0.25) is 0 Å². The normalized spacial score (nSPS) is 16.8. The number of aromatic nitrogens is 1. The van der Waals surface area contributed by atoms with E-state index in [1.165, 1.54) is 23.3 Å². The van der Waals surface area contributed by atoms with E-state index in [2.05, 4.69) is 28.1 Å². The Balaban J connectivity index is 1.51. The van der Waals surface area contributed by atoms with Gasteiger partial charge in [-0.3, -0.25) is 4.90 Å². The van der Waals surface area contributed by atoms with Gasteiger partial charge in [0.1, 0.15) is 5.75 Å². The average molecular weight is 317 g/mol. The number of methoxy groups -OCH3 is 1. The summed E-state index contributed by atoms with van der Waals surface area (Å²) in [6.07, 6.45) is 5.50. The van der Waals surface area contributed by atoms with E-state index >= 15 is 0 Å². The van der Waals surface area contributed by atoms with Crippen LogP contribution in [0.1, 0.15) is 23.3 Å². The first-order valence-corrected chi connectivity index (χ1v) is 8.60. The Morgan fingerprint density at radius 3 is 2.77 bits per heavy atom. The number of ether oxygens (including phenoxy) is 1. The second-order valence-electron chi connectivity index (χ2n) is 5.90. The number of likely N-dealkylation sites (tertiary alicyclic amines) is 1. The molecule has 0 aliphatic carbocycles. The maximum Gasteiger partial charge on any atom is 0.180 e. The van der Waals surface area contributed by atoms with E-state index in [-0.39, 0.29) is 0 Å². The fourth-order valence-corrected chi connectivity index (χ4v) is 3.87. The van der Waals surface area contributed by atoms with Crippen LogP contribution in [0.5, 0.6) is 5.75 Å². The number of para-hydroxylation sites is 1. The van der Waals surface area contributed by atoms with Crippen molar-refractivity contribution in [3.63, 3.8) is 0 Å². The van der Waals surface area contributed by atoms with Gasteiger partial charge in [-0.05, 0) is 49.9 Å². The molecule has 2 heterocycles. The van der Waals surface area contributed by atoms with E-state index < -0.39 is 0 Å². The number of nitrogens with zero attached hydrogens (tertiary/aromatic N) is 2. The van der Waals surface area contributed by atoms with Crippen molar-refractivity contribution in [1.29, 1.82) is 0 Å². The molecule has 0 spiro atoms. The molecule has 3 rings (SSSR count). The minimum Gasteiger partial charge on any atom is -0.496 e. The molecule has 2 N–H and O–H groups in total. The van der Waals surface area contributed by atoms with E-state index in [9.17, 15) is 0 Å². The molecule has 0 saturated carbocycles. The van der Waals surface area contributed by atoms with E-state index in [1.54, 1.807) is 18.4 Å². The van der Waals surface area contributed by atoms with Gasteiger partial charge in [-0.25, -0.2) is 4.98 Å². The Morgan fingerprint density at radius 1 is 1.32 bits per heavy atom. The number of piperidine rings is 1. The maximum atomic E-state index is 5.70. The van der Waals surface area contributed by atoms with Crippen LogP contribution < -0.4 is 10.5 Å². The molecule has 0 atom stereocenters. The van der Waals surface area contributed by atoms with Gasteiger partial charge in [-0.1, -0.05) is 18.2 Å². The second kappa shape index (κ2) is 7.11. The van der Waals surface area contributed by atoms with Crippen molar-refractivity contribution in [3.05, 3.63) is 40.9 Å². The predicted molar refractivity (Wildman–Crippen MR) is 91.2 cm³/mol. The molecule has 0 bridgehead atoms. The van der Waals surface area contributed by atoms with Crippen LogP contribution >= 0.6 is 11.3 Å². The number of hydrogen-bond acceptors (Lipinski definition) is 5. The number of benzene rings is 1. The lowest BCUT2D eigenvalue weighted by Crippen LogP contribution is -2.33. The van der Waals surface area contributed by atoms with Crippen molar-refractivity contribution < 1.29 is 4.74 Å². The molecule has 1 aromatic carbocycles. The van der Waals surface area contributed by atoms with Crippen LogP contribution in [0.25, 0.3) is 0 Å². The van der Waals surface area contributed by atoms with Crippen molar-refractivity contribution in [1.82, 2.24) is 9.88 Å². The molecule has 22 heavy (non-hydrogen) atoms. The van der Waals surface area contributed by atoms with Crippen molar-refractivity contribution in [2.45, 2.75) is 25.8 Å². The average Bonchev–Trinajstić information content (AvgIpc) is 2.95. The first-order chi connectivity index (χ1) is 10.7. The van der Waals surface area contributed by atoms with Crippen LogP contribution in [0.3, 0.4) is 0 Å². The number of thiazole rings is 1. The summed E-state index contributed by atoms with van der Waals surface area (Å²) in [5.41, 5.74) is 7.03. The van der Waals surface area contributed by atoms with Crippen molar-refractivity contribution >= 4 is 16.5 Å². The topological polar surface area (TPSA) is 51.4 Å². The Labute approximate surface area is 135 Å². The number of rotatable bonds is 5. The van der Waals surface area contributed by atoms with Crippen molar-refractivity contribution in [2.75, 3.05) is 25.9 Å². The smallest absolute Gasteiger partial charge is 0.180 e. The lowest BCUT2D eigenvalue weighted by molar-refractivity contribution is 0.178. The molecule has 1 aliphatic heterocycles. The van der Waals surface area contributed by atoms with Crippen LogP contribution in [0.15, 0.2) is 30.5 Å². The minimum atomic E-state index is 0.668. The van der Waals surface area contributed by atoms with E-state index in [4.69, 9.17) is 10.5 Å². The highest BCUT2D eigenvalue weighted by atomic mass is 32.1. The third kappa shape index (κ3) is 3.78. The SMILES string of the molecule is COc1ccccc1CC1CCN(Cc2cnc(N)s2)CC1. The number of nitrogen functional groups attached to an aromatic ring is 1. The van der Waals surface area contributed by atoms with Gasteiger partial charge < -0.3 is 10.5 Å². The highest BCUT2D eigenvalue weighted by Crippen LogP contribution is 2.27. The van der Waals surface area contributed by atoms with Crippen LogP contribution in [0, 0.1) is 5.92 Å². The molecule has 5 heteroatoms. The summed E-state index contributed by atoms with van der Waals surface area (Å²) < 4.78 is 5.46. The summed E-state index contributed by atoms with van der Waals surface area (Å²) >= 11 is 1.60. The highest BCUT2D eigenvalue weighted by Gasteiger charge is 2.21. The molecule has 1 saturated heterocycles. The number of nitrogens with two attached hydrogens (primary N) is 1. The third-order valence-electron chi connectivity index (χ3n) is 4.36. The third-order valence-corrected chi connectivity index (χ3v) is 5.17. The fraction of sp³-hybridized carbons (Fsp3) is 0.471. The van der Waals surface area contributed by atoms with Gasteiger partial charge in [-0.2, -0.15) is 0 Å².